The second-order valence-electron chi connectivity index (χ2n) is 8.37. The predicted molar refractivity (Wildman–Crippen MR) is 121 cm³/mol. The van der Waals surface area contributed by atoms with E-state index in [2.05, 4.69) is 24.0 Å². The highest BCUT2D eigenvalue weighted by molar-refractivity contribution is 5.98. The predicted octanol–water partition coefficient (Wildman–Crippen LogP) is 4.17. The van der Waals surface area contributed by atoms with E-state index in [4.69, 9.17) is 0 Å². The van der Waals surface area contributed by atoms with E-state index in [1.54, 1.807) is 18.2 Å². The SMILES string of the molecule is CC1=C(N2CCN(C(=O)c3ccc(C(=O)O)c(-n4c(C)ccc4C)c3)CC2)C=CCC1. The number of carboxylic acids is 1. The average Bonchev–Trinajstić information content (AvgIpc) is 3.11. The van der Waals surface area contributed by atoms with Gasteiger partial charge in [0.05, 0.1) is 11.3 Å². The summed E-state index contributed by atoms with van der Waals surface area (Å²) in [5.74, 6) is -1.05. The van der Waals surface area contributed by atoms with Crippen molar-refractivity contribution in [2.45, 2.75) is 33.6 Å². The maximum atomic E-state index is 13.2. The van der Waals surface area contributed by atoms with Gasteiger partial charge in [-0.1, -0.05) is 6.08 Å². The Morgan fingerprint density at radius 3 is 2.23 bits per heavy atom. The first-order chi connectivity index (χ1) is 14.9. The standard InChI is InChI=1S/C25H29N3O3/c1-17-6-4-5-7-22(17)26-12-14-27(15-13-26)24(29)20-10-11-21(25(30)31)23(16-20)28-18(2)8-9-19(28)3/h5,7-11,16H,4,6,12-15H2,1-3H3,(H,30,31). The molecule has 2 aliphatic rings. The summed E-state index contributed by atoms with van der Waals surface area (Å²) in [5.41, 5.74) is 5.82. The van der Waals surface area contributed by atoms with Crippen LogP contribution in [-0.2, 0) is 0 Å². The molecule has 0 spiro atoms. The van der Waals surface area contributed by atoms with Crippen LogP contribution in [0.2, 0.25) is 0 Å². The number of aromatic nitrogens is 1. The van der Waals surface area contributed by atoms with Crippen molar-refractivity contribution in [1.29, 1.82) is 0 Å². The van der Waals surface area contributed by atoms with Crippen molar-refractivity contribution in [3.8, 4) is 5.69 Å². The molecule has 6 heteroatoms. The van der Waals surface area contributed by atoms with Crippen molar-refractivity contribution in [2.75, 3.05) is 26.2 Å². The average molecular weight is 420 g/mol. The highest BCUT2D eigenvalue weighted by Gasteiger charge is 2.25. The summed E-state index contributed by atoms with van der Waals surface area (Å²) in [6.45, 7) is 8.97. The van der Waals surface area contributed by atoms with Crippen LogP contribution in [0, 0.1) is 13.8 Å². The molecule has 1 aliphatic heterocycles. The molecule has 162 valence electrons. The fourth-order valence-electron chi connectivity index (χ4n) is 4.55. The summed E-state index contributed by atoms with van der Waals surface area (Å²) < 4.78 is 1.89. The Bertz CT molecular complexity index is 1070. The Kier molecular flexibility index (Phi) is 5.72. The Hall–Kier alpha value is -3.28. The summed E-state index contributed by atoms with van der Waals surface area (Å²) in [4.78, 5) is 29.3. The molecule has 0 radical (unpaired) electrons. The topological polar surface area (TPSA) is 65.8 Å². The van der Waals surface area contributed by atoms with E-state index in [1.165, 1.54) is 11.3 Å². The zero-order valence-corrected chi connectivity index (χ0v) is 18.4. The minimum absolute atomic E-state index is 0.0508. The molecule has 2 heterocycles. The monoisotopic (exact) mass is 419 g/mol. The van der Waals surface area contributed by atoms with E-state index in [1.807, 2.05) is 35.4 Å². The Morgan fingerprint density at radius 1 is 0.935 bits per heavy atom. The van der Waals surface area contributed by atoms with Crippen LogP contribution in [0.1, 0.15) is 51.9 Å². The lowest BCUT2D eigenvalue weighted by molar-refractivity contribution is 0.0666. The lowest BCUT2D eigenvalue weighted by atomic mass is 10.0. The minimum Gasteiger partial charge on any atom is -0.478 e. The van der Waals surface area contributed by atoms with Crippen LogP contribution in [0.5, 0.6) is 0 Å². The number of carbonyl (C=O) groups excluding carboxylic acids is 1. The molecule has 1 saturated heterocycles. The third-order valence-electron chi connectivity index (χ3n) is 6.29. The van der Waals surface area contributed by atoms with Crippen LogP contribution >= 0.6 is 0 Å². The van der Waals surface area contributed by atoms with Crippen molar-refractivity contribution in [2.24, 2.45) is 0 Å². The quantitative estimate of drug-likeness (QED) is 0.808. The smallest absolute Gasteiger partial charge is 0.337 e. The molecule has 1 fully saturated rings. The van der Waals surface area contributed by atoms with Crippen LogP contribution in [0.3, 0.4) is 0 Å². The van der Waals surface area contributed by atoms with Crippen molar-refractivity contribution < 1.29 is 14.7 Å². The van der Waals surface area contributed by atoms with Gasteiger partial charge < -0.3 is 19.5 Å². The van der Waals surface area contributed by atoms with Crippen molar-refractivity contribution in [3.63, 3.8) is 0 Å². The molecular formula is C25H29N3O3. The number of aromatic carboxylic acids is 1. The molecule has 6 nitrogen and oxygen atoms in total. The molecule has 0 unspecified atom stereocenters. The van der Waals surface area contributed by atoms with Crippen LogP contribution in [-0.4, -0.2) is 57.5 Å². The molecular weight excluding hydrogens is 390 g/mol. The van der Waals surface area contributed by atoms with Gasteiger partial charge in [-0.3, -0.25) is 4.79 Å². The van der Waals surface area contributed by atoms with Gasteiger partial charge in [0.25, 0.3) is 5.91 Å². The van der Waals surface area contributed by atoms with Crippen molar-refractivity contribution in [1.82, 2.24) is 14.4 Å². The number of piperazine rings is 1. The largest absolute Gasteiger partial charge is 0.478 e. The minimum atomic E-state index is -1.00. The number of allylic oxidation sites excluding steroid dienone is 3. The first-order valence-corrected chi connectivity index (χ1v) is 10.8. The summed E-state index contributed by atoms with van der Waals surface area (Å²) >= 11 is 0. The number of hydrogen-bond donors (Lipinski definition) is 1. The Balaban J connectivity index is 1.56. The van der Waals surface area contributed by atoms with E-state index in [0.717, 1.165) is 37.3 Å². The number of rotatable bonds is 4. The van der Waals surface area contributed by atoms with E-state index in [0.29, 0.717) is 24.3 Å². The number of carbonyl (C=O) groups is 2. The summed E-state index contributed by atoms with van der Waals surface area (Å²) in [6.07, 6.45) is 6.62. The number of hydrogen-bond acceptors (Lipinski definition) is 3. The Morgan fingerprint density at radius 2 is 1.61 bits per heavy atom. The van der Waals surface area contributed by atoms with E-state index in [9.17, 15) is 14.7 Å². The zero-order valence-electron chi connectivity index (χ0n) is 18.4. The number of benzene rings is 1. The lowest BCUT2D eigenvalue weighted by Gasteiger charge is -2.38. The van der Waals surface area contributed by atoms with E-state index >= 15 is 0 Å². The van der Waals surface area contributed by atoms with E-state index < -0.39 is 5.97 Å². The molecule has 0 bridgehead atoms. The second kappa shape index (κ2) is 8.46. The molecule has 4 rings (SSSR count). The maximum absolute atomic E-state index is 13.2. The number of amides is 1. The van der Waals surface area contributed by atoms with Crippen LogP contribution in [0.4, 0.5) is 0 Å². The molecule has 1 amide bonds. The molecule has 31 heavy (non-hydrogen) atoms. The number of aryl methyl sites for hydroxylation is 2. The van der Waals surface area contributed by atoms with Crippen LogP contribution in [0.25, 0.3) is 5.69 Å². The first kappa shape index (κ1) is 21.0. The fourth-order valence-corrected chi connectivity index (χ4v) is 4.55. The third kappa shape index (κ3) is 4.02. The van der Waals surface area contributed by atoms with Crippen molar-refractivity contribution in [3.05, 3.63) is 76.3 Å². The van der Waals surface area contributed by atoms with Gasteiger partial charge >= 0.3 is 5.97 Å². The molecule has 0 atom stereocenters. The van der Waals surface area contributed by atoms with Gasteiger partial charge in [-0.25, -0.2) is 4.79 Å². The molecule has 0 saturated carbocycles. The van der Waals surface area contributed by atoms with Gasteiger partial charge in [-0.15, -0.1) is 0 Å². The van der Waals surface area contributed by atoms with Gasteiger partial charge in [0.15, 0.2) is 0 Å². The molecule has 1 N–H and O–H groups in total. The molecule has 1 aromatic heterocycles. The maximum Gasteiger partial charge on any atom is 0.337 e. The Labute approximate surface area is 183 Å². The van der Waals surface area contributed by atoms with Gasteiger partial charge in [0.2, 0.25) is 0 Å². The van der Waals surface area contributed by atoms with Gasteiger partial charge in [0, 0.05) is 48.8 Å². The molecule has 1 aliphatic carbocycles. The zero-order chi connectivity index (χ0) is 22.1. The fraction of sp³-hybridized carbons (Fsp3) is 0.360. The third-order valence-corrected chi connectivity index (χ3v) is 6.29. The van der Waals surface area contributed by atoms with Gasteiger partial charge in [-0.05, 0) is 75.6 Å². The van der Waals surface area contributed by atoms with Crippen LogP contribution in [0.15, 0.2) is 53.8 Å². The molecule has 2 aromatic rings. The van der Waals surface area contributed by atoms with E-state index in [-0.39, 0.29) is 11.5 Å². The number of carboxylic acid groups (broad SMARTS) is 1. The van der Waals surface area contributed by atoms with Crippen LogP contribution < -0.4 is 0 Å². The van der Waals surface area contributed by atoms with Crippen molar-refractivity contribution >= 4 is 11.9 Å². The summed E-state index contributed by atoms with van der Waals surface area (Å²) in [5, 5.41) is 9.67. The summed E-state index contributed by atoms with van der Waals surface area (Å²) in [7, 11) is 0. The highest BCUT2D eigenvalue weighted by Crippen LogP contribution is 2.25. The lowest BCUT2D eigenvalue weighted by Crippen LogP contribution is -2.48. The highest BCUT2D eigenvalue weighted by atomic mass is 16.4. The first-order valence-electron chi connectivity index (χ1n) is 10.8. The van der Waals surface area contributed by atoms with Gasteiger partial charge in [0.1, 0.15) is 0 Å². The number of nitrogens with zero attached hydrogens (tertiary/aromatic N) is 3. The van der Waals surface area contributed by atoms with Gasteiger partial charge in [-0.2, -0.15) is 0 Å². The second-order valence-corrected chi connectivity index (χ2v) is 8.37. The summed E-state index contributed by atoms with van der Waals surface area (Å²) in [6, 6.07) is 8.79. The normalized spacial score (nSPS) is 16.7. The molecule has 1 aromatic carbocycles.